The smallest absolute Gasteiger partial charge is 0.404 e. The van der Waals surface area contributed by atoms with Gasteiger partial charge in [-0.2, -0.15) is 0 Å². The Labute approximate surface area is 106 Å². The van der Waals surface area contributed by atoms with Crippen molar-refractivity contribution in [2.75, 3.05) is 24.2 Å². The largest absolute Gasteiger partial charge is 0.491 e. The third-order valence-electron chi connectivity index (χ3n) is 1.98. The van der Waals surface area contributed by atoms with Crippen LogP contribution in [0.25, 0.3) is 0 Å². The fourth-order valence-corrected chi connectivity index (χ4v) is 1.41. The number of primary amides is 1. The molecule has 1 amide bonds. The minimum Gasteiger partial charge on any atom is -0.491 e. The topological polar surface area (TPSA) is 99.6 Å². The number of hydrogen-bond donors (Lipinski definition) is 3. The van der Waals surface area contributed by atoms with Gasteiger partial charge in [-0.3, -0.25) is 0 Å². The first-order valence-electron chi connectivity index (χ1n) is 5.70. The fourth-order valence-electron chi connectivity index (χ4n) is 1.41. The lowest BCUT2D eigenvalue weighted by molar-refractivity contribution is 0.161. The zero-order valence-corrected chi connectivity index (χ0v) is 10.6. The first-order valence-corrected chi connectivity index (χ1v) is 5.70. The van der Waals surface area contributed by atoms with Crippen LogP contribution in [0.3, 0.4) is 0 Å². The van der Waals surface area contributed by atoms with Crippen molar-refractivity contribution in [3.63, 3.8) is 0 Å². The summed E-state index contributed by atoms with van der Waals surface area (Å²) in [5.41, 5.74) is 12.0. The summed E-state index contributed by atoms with van der Waals surface area (Å²) in [7, 11) is 0. The molecule has 1 aromatic carbocycles. The summed E-state index contributed by atoms with van der Waals surface area (Å²) in [6, 6.07) is 5.36. The van der Waals surface area contributed by atoms with Crippen LogP contribution in [-0.2, 0) is 4.74 Å². The molecule has 0 saturated carbocycles. The van der Waals surface area contributed by atoms with E-state index < -0.39 is 6.09 Å². The number of nitrogens with one attached hydrogen (secondary N) is 1. The van der Waals surface area contributed by atoms with Gasteiger partial charge in [-0.05, 0) is 19.9 Å². The average molecular weight is 253 g/mol. The molecule has 18 heavy (non-hydrogen) atoms. The summed E-state index contributed by atoms with van der Waals surface area (Å²) in [5.74, 6) is 0.698. The number of nitrogen functional groups attached to an aromatic ring is 1. The first kappa shape index (κ1) is 14.0. The number of benzene rings is 1. The normalized spacial score (nSPS) is 10.2. The highest BCUT2D eigenvalue weighted by Crippen LogP contribution is 2.23. The Morgan fingerprint density at radius 2 is 2.11 bits per heavy atom. The lowest BCUT2D eigenvalue weighted by Gasteiger charge is -2.13. The van der Waals surface area contributed by atoms with E-state index in [2.05, 4.69) is 10.1 Å². The molecule has 0 aliphatic carbocycles. The Bertz CT molecular complexity index is 408. The van der Waals surface area contributed by atoms with Gasteiger partial charge in [-0.25, -0.2) is 4.79 Å². The van der Waals surface area contributed by atoms with Gasteiger partial charge < -0.3 is 26.3 Å². The van der Waals surface area contributed by atoms with E-state index in [9.17, 15) is 4.79 Å². The van der Waals surface area contributed by atoms with Crippen molar-refractivity contribution in [1.82, 2.24) is 0 Å². The van der Waals surface area contributed by atoms with Crippen molar-refractivity contribution in [3.8, 4) is 5.75 Å². The monoisotopic (exact) mass is 253 g/mol. The number of anilines is 2. The summed E-state index contributed by atoms with van der Waals surface area (Å²) < 4.78 is 10.2. The molecule has 0 unspecified atom stereocenters. The second kappa shape index (κ2) is 6.58. The number of amides is 1. The molecule has 100 valence electrons. The number of carbonyl (C=O) groups is 1. The lowest BCUT2D eigenvalue weighted by atomic mass is 10.2. The summed E-state index contributed by atoms with van der Waals surface area (Å²) in [6.07, 6.45) is -0.703. The molecule has 6 nitrogen and oxygen atoms in total. The van der Waals surface area contributed by atoms with Crippen molar-refractivity contribution in [2.45, 2.75) is 20.0 Å². The zero-order chi connectivity index (χ0) is 13.5. The number of hydrogen-bond acceptors (Lipinski definition) is 5. The van der Waals surface area contributed by atoms with Crippen molar-refractivity contribution in [1.29, 1.82) is 0 Å². The molecule has 0 aliphatic heterocycles. The molecular formula is C12H19N3O3. The van der Waals surface area contributed by atoms with Gasteiger partial charge in [0.05, 0.1) is 6.10 Å². The Morgan fingerprint density at radius 3 is 2.72 bits per heavy atom. The van der Waals surface area contributed by atoms with Crippen LogP contribution in [0.5, 0.6) is 5.75 Å². The van der Waals surface area contributed by atoms with E-state index in [0.29, 0.717) is 18.0 Å². The molecule has 0 bridgehead atoms. The highest BCUT2D eigenvalue weighted by atomic mass is 16.5. The Hall–Kier alpha value is -2.11. The maximum atomic E-state index is 10.4. The van der Waals surface area contributed by atoms with Crippen molar-refractivity contribution >= 4 is 17.5 Å². The second-order valence-corrected chi connectivity index (χ2v) is 4.05. The van der Waals surface area contributed by atoms with Crippen LogP contribution in [-0.4, -0.2) is 25.3 Å². The average Bonchev–Trinajstić information content (AvgIpc) is 2.22. The van der Waals surface area contributed by atoms with Gasteiger partial charge in [-0.1, -0.05) is 0 Å². The summed E-state index contributed by atoms with van der Waals surface area (Å²) >= 11 is 0. The maximum Gasteiger partial charge on any atom is 0.404 e. The number of carbonyl (C=O) groups excluding carboxylic acids is 1. The molecule has 0 atom stereocenters. The highest BCUT2D eigenvalue weighted by molar-refractivity contribution is 5.64. The molecule has 0 spiro atoms. The molecular weight excluding hydrogens is 234 g/mol. The van der Waals surface area contributed by atoms with Crippen LogP contribution in [0.4, 0.5) is 16.2 Å². The molecule has 0 saturated heterocycles. The molecule has 1 aromatic rings. The Kier molecular flexibility index (Phi) is 5.10. The molecule has 5 N–H and O–H groups in total. The van der Waals surface area contributed by atoms with Gasteiger partial charge in [0.25, 0.3) is 0 Å². The molecule has 0 radical (unpaired) electrons. The van der Waals surface area contributed by atoms with E-state index in [1.54, 1.807) is 12.1 Å². The molecule has 0 heterocycles. The molecule has 0 fully saturated rings. The van der Waals surface area contributed by atoms with Gasteiger partial charge in [0.15, 0.2) is 0 Å². The third kappa shape index (κ3) is 5.29. The van der Waals surface area contributed by atoms with Crippen LogP contribution in [0.2, 0.25) is 0 Å². The summed E-state index contributed by atoms with van der Waals surface area (Å²) in [5, 5.41) is 3.06. The fraction of sp³-hybridized carbons (Fsp3) is 0.417. The third-order valence-corrected chi connectivity index (χ3v) is 1.98. The number of nitrogens with two attached hydrogens (primary N) is 2. The summed E-state index contributed by atoms with van der Waals surface area (Å²) in [4.78, 5) is 10.4. The molecule has 0 aliphatic rings. The van der Waals surface area contributed by atoms with Crippen molar-refractivity contribution in [3.05, 3.63) is 18.2 Å². The predicted molar refractivity (Wildman–Crippen MR) is 70.6 cm³/mol. The van der Waals surface area contributed by atoms with E-state index in [-0.39, 0.29) is 12.7 Å². The Morgan fingerprint density at radius 1 is 1.39 bits per heavy atom. The van der Waals surface area contributed by atoms with Crippen LogP contribution in [0, 0.1) is 0 Å². The Balaban J connectivity index is 2.54. The minimum absolute atomic E-state index is 0.0813. The molecule has 0 aromatic heterocycles. The quantitative estimate of drug-likeness (QED) is 0.527. The van der Waals surface area contributed by atoms with E-state index in [4.69, 9.17) is 16.2 Å². The number of ether oxygens (including phenoxy) is 2. The van der Waals surface area contributed by atoms with E-state index >= 15 is 0 Å². The van der Waals surface area contributed by atoms with Crippen molar-refractivity contribution < 1.29 is 14.3 Å². The van der Waals surface area contributed by atoms with Crippen LogP contribution in [0.15, 0.2) is 18.2 Å². The standard InChI is InChI=1S/C12H19N3O3/c1-8(2)18-11-6-9(13)5-10(7-11)15-3-4-17-12(14)16/h5-8,15H,3-4,13H2,1-2H3,(H2,14,16). The van der Waals surface area contributed by atoms with Crippen LogP contribution >= 0.6 is 0 Å². The highest BCUT2D eigenvalue weighted by Gasteiger charge is 2.02. The predicted octanol–water partition coefficient (Wildman–Crippen LogP) is 1.56. The van der Waals surface area contributed by atoms with Gasteiger partial charge >= 0.3 is 6.09 Å². The van der Waals surface area contributed by atoms with Gasteiger partial charge in [0.1, 0.15) is 12.4 Å². The maximum absolute atomic E-state index is 10.4. The number of rotatable bonds is 6. The van der Waals surface area contributed by atoms with Gasteiger partial charge in [0.2, 0.25) is 0 Å². The van der Waals surface area contributed by atoms with E-state index in [0.717, 1.165) is 5.69 Å². The zero-order valence-electron chi connectivity index (χ0n) is 10.6. The summed E-state index contributed by atoms with van der Waals surface area (Å²) in [6.45, 7) is 4.53. The van der Waals surface area contributed by atoms with Crippen LogP contribution < -0.4 is 21.5 Å². The van der Waals surface area contributed by atoms with Gasteiger partial charge in [0, 0.05) is 30.1 Å². The SMILES string of the molecule is CC(C)Oc1cc(N)cc(NCCOC(N)=O)c1. The van der Waals surface area contributed by atoms with E-state index in [1.807, 2.05) is 19.9 Å². The molecule has 1 rings (SSSR count). The van der Waals surface area contributed by atoms with E-state index in [1.165, 1.54) is 0 Å². The second-order valence-electron chi connectivity index (χ2n) is 4.05. The minimum atomic E-state index is -0.784. The lowest BCUT2D eigenvalue weighted by Crippen LogP contribution is -2.18. The van der Waals surface area contributed by atoms with Crippen molar-refractivity contribution in [2.24, 2.45) is 5.73 Å². The van der Waals surface area contributed by atoms with Crippen LogP contribution in [0.1, 0.15) is 13.8 Å². The van der Waals surface area contributed by atoms with Gasteiger partial charge in [-0.15, -0.1) is 0 Å². The first-order chi connectivity index (χ1) is 8.47. The molecule has 6 heteroatoms.